The van der Waals surface area contributed by atoms with Crippen molar-refractivity contribution < 1.29 is 4.74 Å². The van der Waals surface area contributed by atoms with Crippen molar-refractivity contribution in [3.05, 3.63) is 22.4 Å². The zero-order valence-electron chi connectivity index (χ0n) is 10.8. The molecule has 1 aromatic heterocycles. The van der Waals surface area contributed by atoms with Gasteiger partial charge in [0.25, 0.3) is 0 Å². The Morgan fingerprint density at radius 2 is 2.32 bits per heavy atom. The van der Waals surface area contributed by atoms with Gasteiger partial charge in [-0.2, -0.15) is 0 Å². The third kappa shape index (κ3) is 2.92. The number of aromatic amines is 1. The van der Waals surface area contributed by atoms with Crippen LogP contribution in [0.3, 0.4) is 0 Å². The van der Waals surface area contributed by atoms with E-state index < -0.39 is 0 Å². The molecular weight excluding hydrogens is 306 g/mol. The topological polar surface area (TPSA) is 63.9 Å². The quantitative estimate of drug-likeness (QED) is 0.851. The number of nitrogens with one attached hydrogen (secondary N) is 1. The second kappa shape index (κ2) is 5.51. The lowest BCUT2D eigenvalue weighted by Gasteiger charge is -2.21. The van der Waals surface area contributed by atoms with Crippen molar-refractivity contribution in [1.82, 2.24) is 9.97 Å². The van der Waals surface area contributed by atoms with E-state index in [1.165, 1.54) is 19.3 Å². The summed E-state index contributed by atoms with van der Waals surface area (Å²) in [5.74, 6) is 0.994. The molecule has 1 atom stereocenters. The molecule has 1 aliphatic rings. The van der Waals surface area contributed by atoms with Crippen LogP contribution in [-0.2, 0) is 11.2 Å². The van der Waals surface area contributed by atoms with Gasteiger partial charge in [-0.1, -0.05) is 15.9 Å². The number of H-pyrrole nitrogens is 1. The molecule has 4 nitrogen and oxygen atoms in total. The Bertz CT molecular complexity index is 575. The minimum Gasteiger partial charge on any atom is -0.397 e. The lowest BCUT2D eigenvalue weighted by Crippen LogP contribution is -2.19. The maximum absolute atomic E-state index is 5.97. The van der Waals surface area contributed by atoms with Gasteiger partial charge < -0.3 is 15.5 Å². The average molecular weight is 324 g/mol. The lowest BCUT2D eigenvalue weighted by atomic mass is 10.0. The summed E-state index contributed by atoms with van der Waals surface area (Å²) in [6, 6.07) is 3.90. The zero-order valence-corrected chi connectivity index (χ0v) is 12.4. The normalized spacial score (nSPS) is 19.9. The van der Waals surface area contributed by atoms with E-state index in [1.54, 1.807) is 0 Å². The van der Waals surface area contributed by atoms with E-state index in [0.29, 0.717) is 11.8 Å². The van der Waals surface area contributed by atoms with Crippen molar-refractivity contribution in [2.75, 3.05) is 12.3 Å². The number of anilines is 1. The van der Waals surface area contributed by atoms with Crippen LogP contribution in [-0.4, -0.2) is 22.7 Å². The third-order valence-corrected chi connectivity index (χ3v) is 4.06. The van der Waals surface area contributed by atoms with Gasteiger partial charge in [0.1, 0.15) is 11.3 Å². The van der Waals surface area contributed by atoms with Crippen LogP contribution in [0.4, 0.5) is 5.69 Å². The highest BCUT2D eigenvalue weighted by Crippen LogP contribution is 2.25. The lowest BCUT2D eigenvalue weighted by molar-refractivity contribution is 0.0112. The Balaban J connectivity index is 1.72. The largest absolute Gasteiger partial charge is 0.397 e. The highest BCUT2D eigenvalue weighted by molar-refractivity contribution is 9.10. The number of nitrogens with two attached hydrogens (primary N) is 1. The number of aryl methyl sites for hydroxylation is 1. The fourth-order valence-electron chi connectivity index (χ4n) is 2.61. The van der Waals surface area contributed by atoms with Gasteiger partial charge in [-0.15, -0.1) is 0 Å². The van der Waals surface area contributed by atoms with Gasteiger partial charge in [0.2, 0.25) is 0 Å². The second-order valence-electron chi connectivity index (χ2n) is 5.10. The molecule has 1 aromatic carbocycles. The number of ether oxygens (including phenoxy) is 1. The van der Waals surface area contributed by atoms with Crippen LogP contribution >= 0.6 is 15.9 Å². The SMILES string of the molecule is Nc1cc(Br)cc2[nH]c(CCC3CCCCO3)nc12. The molecule has 1 aliphatic heterocycles. The average Bonchev–Trinajstić information content (AvgIpc) is 2.81. The van der Waals surface area contributed by atoms with E-state index in [2.05, 4.69) is 25.9 Å². The first-order valence-electron chi connectivity index (χ1n) is 6.77. The molecule has 19 heavy (non-hydrogen) atoms. The Morgan fingerprint density at radius 3 is 3.11 bits per heavy atom. The molecule has 0 spiro atoms. The number of nitrogens with zero attached hydrogens (tertiary/aromatic N) is 1. The van der Waals surface area contributed by atoms with Crippen LogP contribution in [0.15, 0.2) is 16.6 Å². The summed E-state index contributed by atoms with van der Waals surface area (Å²) in [5, 5.41) is 0. The monoisotopic (exact) mass is 323 g/mol. The molecule has 0 saturated carbocycles. The maximum atomic E-state index is 5.97. The smallest absolute Gasteiger partial charge is 0.112 e. The molecule has 0 amide bonds. The molecule has 3 rings (SSSR count). The van der Waals surface area contributed by atoms with Gasteiger partial charge in [-0.3, -0.25) is 0 Å². The minimum atomic E-state index is 0.394. The summed E-state index contributed by atoms with van der Waals surface area (Å²) in [7, 11) is 0. The number of benzene rings is 1. The van der Waals surface area contributed by atoms with E-state index in [-0.39, 0.29) is 0 Å². The number of nitrogen functional groups attached to an aromatic ring is 1. The van der Waals surface area contributed by atoms with Crippen molar-refractivity contribution >= 4 is 32.7 Å². The number of fused-ring (bicyclic) bond motifs is 1. The highest BCUT2D eigenvalue weighted by atomic mass is 79.9. The van der Waals surface area contributed by atoms with E-state index in [4.69, 9.17) is 10.5 Å². The molecule has 0 radical (unpaired) electrons. The van der Waals surface area contributed by atoms with Gasteiger partial charge in [-0.25, -0.2) is 4.98 Å². The van der Waals surface area contributed by atoms with Gasteiger partial charge in [0.05, 0.1) is 17.3 Å². The first kappa shape index (κ1) is 12.9. The molecule has 1 fully saturated rings. The predicted octanol–water partition coefficient (Wildman–Crippen LogP) is 3.41. The van der Waals surface area contributed by atoms with E-state index >= 15 is 0 Å². The van der Waals surface area contributed by atoms with Crippen molar-refractivity contribution in [2.45, 2.75) is 38.2 Å². The standard InChI is InChI=1S/C14H18BrN3O/c15-9-7-11(16)14-12(8-9)17-13(18-14)5-4-10-3-1-2-6-19-10/h7-8,10H,1-6,16H2,(H,17,18). The molecule has 2 heterocycles. The first-order valence-corrected chi connectivity index (χ1v) is 7.57. The summed E-state index contributed by atoms with van der Waals surface area (Å²) in [6.07, 6.45) is 5.99. The van der Waals surface area contributed by atoms with E-state index in [1.807, 2.05) is 12.1 Å². The fraction of sp³-hybridized carbons (Fsp3) is 0.500. The zero-order chi connectivity index (χ0) is 13.2. The van der Waals surface area contributed by atoms with Gasteiger partial charge >= 0.3 is 0 Å². The second-order valence-corrected chi connectivity index (χ2v) is 6.02. The Kier molecular flexibility index (Phi) is 3.75. The summed E-state index contributed by atoms with van der Waals surface area (Å²) < 4.78 is 6.72. The van der Waals surface area contributed by atoms with Gasteiger partial charge in [0, 0.05) is 17.5 Å². The van der Waals surface area contributed by atoms with E-state index in [0.717, 1.165) is 40.8 Å². The highest BCUT2D eigenvalue weighted by Gasteiger charge is 2.15. The number of aromatic nitrogens is 2. The molecule has 0 bridgehead atoms. The molecule has 5 heteroatoms. The summed E-state index contributed by atoms with van der Waals surface area (Å²) in [5.41, 5.74) is 8.54. The Hall–Kier alpha value is -1.07. The van der Waals surface area contributed by atoms with Gasteiger partial charge in [0.15, 0.2) is 0 Å². The number of hydrogen-bond donors (Lipinski definition) is 2. The van der Waals surface area contributed by atoms with Crippen LogP contribution < -0.4 is 5.73 Å². The molecule has 2 aromatic rings. The third-order valence-electron chi connectivity index (χ3n) is 3.61. The van der Waals surface area contributed by atoms with Crippen molar-refractivity contribution in [1.29, 1.82) is 0 Å². The predicted molar refractivity (Wildman–Crippen MR) is 80.1 cm³/mol. The summed E-state index contributed by atoms with van der Waals surface area (Å²) in [6.45, 7) is 0.907. The van der Waals surface area contributed by atoms with Crippen LogP contribution in [0.2, 0.25) is 0 Å². The number of hydrogen-bond acceptors (Lipinski definition) is 3. The molecular formula is C14H18BrN3O. The number of rotatable bonds is 3. The van der Waals surface area contributed by atoms with Crippen LogP contribution in [0, 0.1) is 0 Å². The van der Waals surface area contributed by atoms with Crippen LogP contribution in [0.1, 0.15) is 31.5 Å². The molecule has 1 saturated heterocycles. The fourth-order valence-corrected chi connectivity index (χ4v) is 3.09. The van der Waals surface area contributed by atoms with Crippen molar-refractivity contribution in [2.24, 2.45) is 0 Å². The van der Waals surface area contributed by atoms with Gasteiger partial charge in [-0.05, 0) is 37.8 Å². The van der Waals surface area contributed by atoms with Crippen molar-refractivity contribution in [3.8, 4) is 0 Å². The Morgan fingerprint density at radius 1 is 1.42 bits per heavy atom. The summed E-state index contributed by atoms with van der Waals surface area (Å²) >= 11 is 3.45. The minimum absolute atomic E-state index is 0.394. The molecule has 3 N–H and O–H groups in total. The summed E-state index contributed by atoms with van der Waals surface area (Å²) in [4.78, 5) is 7.92. The first-order chi connectivity index (χ1) is 9.22. The molecule has 1 unspecified atom stereocenters. The number of imidazole rings is 1. The number of halogens is 1. The van der Waals surface area contributed by atoms with Crippen LogP contribution in [0.25, 0.3) is 11.0 Å². The molecule has 0 aliphatic carbocycles. The van der Waals surface area contributed by atoms with Crippen LogP contribution in [0.5, 0.6) is 0 Å². The molecule has 102 valence electrons. The maximum Gasteiger partial charge on any atom is 0.112 e. The van der Waals surface area contributed by atoms with Crippen molar-refractivity contribution in [3.63, 3.8) is 0 Å². The van der Waals surface area contributed by atoms with E-state index in [9.17, 15) is 0 Å². The Labute approximate surface area is 120 Å².